The lowest BCUT2D eigenvalue weighted by molar-refractivity contribution is 0.200. The van der Waals surface area contributed by atoms with Gasteiger partial charge in [0, 0.05) is 18.8 Å². The summed E-state index contributed by atoms with van der Waals surface area (Å²) in [6.07, 6.45) is 0.745. The maximum absolute atomic E-state index is 6.04. The number of rotatable bonds is 6. The van der Waals surface area contributed by atoms with E-state index in [1.54, 1.807) is 18.9 Å². The second-order valence-electron chi connectivity index (χ2n) is 4.15. The van der Waals surface area contributed by atoms with Crippen molar-refractivity contribution >= 4 is 46.5 Å². The molecule has 1 unspecified atom stereocenters. The van der Waals surface area contributed by atoms with E-state index in [-0.39, 0.29) is 5.25 Å². The molecule has 20 heavy (non-hydrogen) atoms. The lowest BCUT2D eigenvalue weighted by atomic mass is 10.2. The fourth-order valence-electron chi connectivity index (χ4n) is 1.57. The first kappa shape index (κ1) is 16.0. The van der Waals surface area contributed by atoms with Crippen molar-refractivity contribution in [2.75, 3.05) is 13.7 Å². The summed E-state index contributed by atoms with van der Waals surface area (Å²) < 4.78 is 10.3. The highest BCUT2D eigenvalue weighted by atomic mass is 35.5. The van der Waals surface area contributed by atoms with Gasteiger partial charge >= 0.3 is 0 Å². The summed E-state index contributed by atoms with van der Waals surface area (Å²) in [4.78, 5) is 4.48. The van der Waals surface area contributed by atoms with Crippen LogP contribution < -0.4 is 0 Å². The number of hydrogen-bond donors (Lipinski definition) is 0. The summed E-state index contributed by atoms with van der Waals surface area (Å²) in [6.45, 7) is 2.75. The first-order valence-electron chi connectivity index (χ1n) is 6.03. The lowest BCUT2D eigenvalue weighted by Gasteiger charge is -2.10. The molecule has 0 radical (unpaired) electrons. The van der Waals surface area contributed by atoms with Crippen molar-refractivity contribution in [2.24, 2.45) is 0 Å². The van der Waals surface area contributed by atoms with E-state index >= 15 is 0 Å². The summed E-state index contributed by atoms with van der Waals surface area (Å²) in [7, 11) is 1.67. The van der Waals surface area contributed by atoms with E-state index in [4.69, 9.17) is 27.9 Å². The number of methoxy groups -OCH3 is 1. The van der Waals surface area contributed by atoms with E-state index in [0.717, 1.165) is 22.1 Å². The van der Waals surface area contributed by atoms with Crippen LogP contribution in [-0.2, 0) is 11.2 Å². The summed E-state index contributed by atoms with van der Waals surface area (Å²) in [6, 6.07) is 5.70. The second-order valence-corrected chi connectivity index (χ2v) is 7.31. The average Bonchev–Trinajstić information content (AvgIpc) is 2.87. The average molecular weight is 349 g/mol. The minimum absolute atomic E-state index is 0.244. The van der Waals surface area contributed by atoms with Gasteiger partial charge in [0.1, 0.15) is 5.82 Å². The first-order valence-corrected chi connectivity index (χ1v) is 8.44. The first-order chi connectivity index (χ1) is 9.60. The van der Waals surface area contributed by atoms with E-state index < -0.39 is 0 Å². The topological polar surface area (TPSA) is 35.0 Å². The summed E-state index contributed by atoms with van der Waals surface area (Å²) in [5.74, 6) is 0.834. The molecule has 0 aliphatic carbocycles. The molecule has 1 aromatic carbocycles. The number of benzene rings is 1. The Morgan fingerprint density at radius 3 is 2.85 bits per heavy atom. The molecule has 0 saturated carbocycles. The van der Waals surface area contributed by atoms with Crippen molar-refractivity contribution in [1.29, 1.82) is 0 Å². The zero-order valence-electron chi connectivity index (χ0n) is 11.1. The second kappa shape index (κ2) is 7.61. The highest BCUT2D eigenvalue weighted by molar-refractivity contribution is 8.01. The van der Waals surface area contributed by atoms with Crippen LogP contribution in [0.3, 0.4) is 0 Å². The van der Waals surface area contributed by atoms with Gasteiger partial charge < -0.3 is 4.74 Å². The van der Waals surface area contributed by atoms with E-state index in [9.17, 15) is 0 Å². The van der Waals surface area contributed by atoms with Crippen LogP contribution in [0.25, 0.3) is 0 Å². The third-order valence-electron chi connectivity index (χ3n) is 2.67. The van der Waals surface area contributed by atoms with Crippen LogP contribution in [0.5, 0.6) is 0 Å². The molecule has 1 atom stereocenters. The Bertz CT molecular complexity index is 577. The van der Waals surface area contributed by atoms with Crippen LogP contribution in [0.1, 0.15) is 23.6 Å². The smallest absolute Gasteiger partial charge is 0.170 e. The van der Waals surface area contributed by atoms with Crippen molar-refractivity contribution in [3.05, 3.63) is 39.6 Å². The van der Waals surface area contributed by atoms with Gasteiger partial charge in [0.05, 0.1) is 16.7 Å². The predicted molar refractivity (Wildman–Crippen MR) is 86.2 cm³/mol. The molecule has 0 bridgehead atoms. The number of aromatic nitrogens is 2. The van der Waals surface area contributed by atoms with Crippen molar-refractivity contribution in [2.45, 2.75) is 22.9 Å². The van der Waals surface area contributed by atoms with Gasteiger partial charge in [-0.15, -0.1) is 0 Å². The van der Waals surface area contributed by atoms with Crippen LogP contribution in [0.4, 0.5) is 0 Å². The van der Waals surface area contributed by atoms with Crippen LogP contribution in [-0.4, -0.2) is 23.1 Å². The van der Waals surface area contributed by atoms with Gasteiger partial charge in [-0.2, -0.15) is 4.37 Å². The highest BCUT2D eigenvalue weighted by Crippen LogP contribution is 2.37. The molecular weight excluding hydrogens is 335 g/mol. The number of hydrogen-bond acceptors (Lipinski definition) is 5. The molecule has 3 nitrogen and oxygen atoms in total. The van der Waals surface area contributed by atoms with Crippen molar-refractivity contribution in [1.82, 2.24) is 9.36 Å². The Morgan fingerprint density at radius 1 is 1.35 bits per heavy atom. The number of thioether (sulfide) groups is 1. The molecule has 0 N–H and O–H groups in total. The van der Waals surface area contributed by atoms with E-state index in [0.29, 0.717) is 16.7 Å². The third kappa shape index (κ3) is 4.33. The summed E-state index contributed by atoms with van der Waals surface area (Å²) in [5, 5.41) is 1.40. The van der Waals surface area contributed by atoms with Gasteiger partial charge in [-0.25, -0.2) is 4.98 Å². The molecule has 2 rings (SSSR count). The molecule has 0 amide bonds. The molecule has 0 aliphatic heterocycles. The summed E-state index contributed by atoms with van der Waals surface area (Å²) >= 11 is 15.1. The van der Waals surface area contributed by atoms with Crippen LogP contribution in [0, 0.1) is 0 Å². The van der Waals surface area contributed by atoms with Crippen LogP contribution in [0.2, 0.25) is 10.0 Å². The number of halogens is 2. The molecule has 0 saturated heterocycles. The molecule has 108 valence electrons. The molecule has 0 fully saturated rings. The fourth-order valence-corrected chi connectivity index (χ4v) is 3.79. The zero-order valence-corrected chi connectivity index (χ0v) is 14.2. The maximum Gasteiger partial charge on any atom is 0.170 e. The molecule has 7 heteroatoms. The highest BCUT2D eigenvalue weighted by Gasteiger charge is 2.13. The monoisotopic (exact) mass is 348 g/mol. The Balaban J connectivity index is 2.01. The van der Waals surface area contributed by atoms with Gasteiger partial charge in [0.2, 0.25) is 0 Å². The number of nitrogens with zero attached hydrogens (tertiary/aromatic N) is 2. The minimum atomic E-state index is 0.244. The Kier molecular flexibility index (Phi) is 6.11. The van der Waals surface area contributed by atoms with E-state index in [1.807, 2.05) is 18.2 Å². The maximum atomic E-state index is 6.04. The number of ether oxygens (including phenoxy) is 1. The Morgan fingerprint density at radius 2 is 2.15 bits per heavy atom. The van der Waals surface area contributed by atoms with Crippen molar-refractivity contribution in [3.63, 3.8) is 0 Å². The molecule has 0 aliphatic rings. The SMILES string of the molecule is COCCc1nsc(SC(C)c2ccc(Cl)c(Cl)c2)n1. The Labute approximate surface area is 136 Å². The van der Waals surface area contributed by atoms with Gasteiger partial charge in [-0.3, -0.25) is 0 Å². The zero-order chi connectivity index (χ0) is 14.5. The third-order valence-corrected chi connectivity index (χ3v) is 5.39. The lowest BCUT2D eigenvalue weighted by Crippen LogP contribution is -1.96. The van der Waals surface area contributed by atoms with Gasteiger partial charge in [-0.1, -0.05) is 41.0 Å². The van der Waals surface area contributed by atoms with Gasteiger partial charge in [-0.05, 0) is 36.2 Å². The predicted octanol–water partition coefficient (Wildman–Crippen LogP) is 4.89. The van der Waals surface area contributed by atoms with Crippen molar-refractivity contribution in [3.8, 4) is 0 Å². The largest absolute Gasteiger partial charge is 0.384 e. The van der Waals surface area contributed by atoms with Gasteiger partial charge in [0.25, 0.3) is 0 Å². The fraction of sp³-hybridized carbons (Fsp3) is 0.385. The molecular formula is C13H14Cl2N2OS2. The van der Waals surface area contributed by atoms with E-state index in [2.05, 4.69) is 16.3 Å². The molecule has 1 aromatic heterocycles. The molecule has 2 aromatic rings. The molecule has 1 heterocycles. The summed E-state index contributed by atoms with van der Waals surface area (Å²) in [5.41, 5.74) is 1.12. The normalized spacial score (nSPS) is 12.6. The Hall–Kier alpha value is -0.330. The standard InChI is InChI=1S/C13H14Cl2N2OS2/c1-8(9-3-4-10(14)11(15)7-9)19-13-16-12(17-20-13)5-6-18-2/h3-4,7-8H,5-6H2,1-2H3. The van der Waals surface area contributed by atoms with E-state index in [1.165, 1.54) is 11.5 Å². The van der Waals surface area contributed by atoms with Crippen LogP contribution in [0.15, 0.2) is 22.5 Å². The van der Waals surface area contributed by atoms with Crippen LogP contribution >= 0.6 is 46.5 Å². The van der Waals surface area contributed by atoms with Crippen molar-refractivity contribution < 1.29 is 4.74 Å². The molecule has 0 spiro atoms. The minimum Gasteiger partial charge on any atom is -0.384 e. The quantitative estimate of drug-likeness (QED) is 0.696. The van der Waals surface area contributed by atoms with Gasteiger partial charge in [0.15, 0.2) is 4.34 Å².